The fourth-order valence-corrected chi connectivity index (χ4v) is 0.793. The number of nitrogens with zero attached hydrogens (tertiary/aromatic N) is 1. The molecule has 0 heterocycles. The Kier molecular flexibility index (Phi) is 3.47. The van der Waals surface area contributed by atoms with Crippen LogP contribution in [-0.4, -0.2) is 19.8 Å². The van der Waals surface area contributed by atoms with Crippen molar-refractivity contribution < 1.29 is 26.7 Å². The third kappa shape index (κ3) is 3.45. The van der Waals surface area contributed by atoms with Crippen molar-refractivity contribution in [3.8, 4) is 0 Å². The van der Waals surface area contributed by atoms with Gasteiger partial charge in [0.1, 0.15) is 0 Å². The molecular formula is C5H5F3NO3S-. The lowest BCUT2D eigenvalue weighted by molar-refractivity contribution is -0.217. The maximum Gasteiger partial charge on any atom is 0.518 e. The van der Waals surface area contributed by atoms with Crippen LogP contribution < -0.4 is 5.11 Å². The van der Waals surface area contributed by atoms with Crippen LogP contribution in [0.1, 0.15) is 6.42 Å². The fraction of sp³-hybridized carbons (Fsp3) is 0.400. The molecule has 0 bridgehead atoms. The first-order chi connectivity index (χ1) is 5.70. The Labute approximate surface area is 72.5 Å². The Balaban J connectivity index is 4.90. The van der Waals surface area contributed by atoms with E-state index in [1.807, 2.05) is 4.40 Å². The van der Waals surface area contributed by atoms with Crippen LogP contribution in [0.4, 0.5) is 13.2 Å². The van der Waals surface area contributed by atoms with E-state index < -0.39 is 27.9 Å². The minimum Gasteiger partial charge on any atom is -0.861 e. The van der Waals surface area contributed by atoms with E-state index >= 15 is 0 Å². The van der Waals surface area contributed by atoms with Gasteiger partial charge >= 0.3 is 15.5 Å². The quantitative estimate of drug-likeness (QED) is 0.383. The van der Waals surface area contributed by atoms with E-state index in [4.69, 9.17) is 0 Å². The number of halogens is 3. The second-order valence-corrected chi connectivity index (χ2v) is 3.49. The van der Waals surface area contributed by atoms with Gasteiger partial charge in [-0.1, -0.05) is 6.08 Å². The third-order valence-electron chi connectivity index (χ3n) is 0.833. The predicted octanol–water partition coefficient (Wildman–Crippen LogP) is 0.171. The highest BCUT2D eigenvalue weighted by atomic mass is 32.2. The minimum absolute atomic E-state index is 0.546. The zero-order chi connectivity index (χ0) is 10.7. The van der Waals surface area contributed by atoms with Gasteiger partial charge in [-0.15, -0.1) is 6.58 Å². The molecule has 76 valence electrons. The summed E-state index contributed by atoms with van der Waals surface area (Å²) >= 11 is 0. The molecule has 13 heavy (non-hydrogen) atoms. The second-order valence-electron chi connectivity index (χ2n) is 1.90. The van der Waals surface area contributed by atoms with Crippen LogP contribution in [0.2, 0.25) is 0 Å². The van der Waals surface area contributed by atoms with Crippen molar-refractivity contribution in [1.82, 2.24) is 0 Å². The van der Waals surface area contributed by atoms with Crippen molar-refractivity contribution >= 4 is 15.9 Å². The summed E-state index contributed by atoms with van der Waals surface area (Å²) in [4.78, 5) is 0. The molecule has 0 unspecified atom stereocenters. The molecule has 0 rings (SSSR count). The van der Waals surface area contributed by atoms with Crippen molar-refractivity contribution in [2.75, 3.05) is 0 Å². The summed E-state index contributed by atoms with van der Waals surface area (Å²) in [5.74, 6) is -1.40. The smallest absolute Gasteiger partial charge is 0.518 e. The molecule has 0 radical (unpaired) electrons. The topological polar surface area (TPSA) is 69.6 Å². The Morgan fingerprint density at radius 1 is 1.54 bits per heavy atom. The van der Waals surface area contributed by atoms with Gasteiger partial charge in [-0.2, -0.15) is 26.0 Å². The molecule has 0 N–H and O–H groups in total. The molecule has 0 atom stereocenters. The molecule has 4 nitrogen and oxygen atoms in total. The van der Waals surface area contributed by atoms with Crippen molar-refractivity contribution in [1.29, 1.82) is 0 Å². The number of alkyl halides is 3. The summed E-state index contributed by atoms with van der Waals surface area (Å²) in [7, 11) is -5.69. The Morgan fingerprint density at radius 2 is 2.00 bits per heavy atom. The lowest BCUT2D eigenvalue weighted by atomic mass is 10.4. The number of hydrogen-bond donors (Lipinski definition) is 0. The fourth-order valence-electron chi connectivity index (χ4n) is 0.347. The Morgan fingerprint density at radius 3 is 2.31 bits per heavy atom. The van der Waals surface area contributed by atoms with E-state index in [0.717, 1.165) is 6.08 Å². The summed E-state index contributed by atoms with van der Waals surface area (Å²) in [6.45, 7) is 3.04. The first-order valence-corrected chi connectivity index (χ1v) is 4.32. The predicted molar refractivity (Wildman–Crippen MR) is 37.2 cm³/mol. The Bertz CT molecular complexity index is 316. The van der Waals surface area contributed by atoms with Gasteiger partial charge in [-0.05, 0) is 12.3 Å². The zero-order valence-corrected chi connectivity index (χ0v) is 7.02. The average molecular weight is 216 g/mol. The zero-order valence-electron chi connectivity index (χ0n) is 6.21. The van der Waals surface area contributed by atoms with Gasteiger partial charge in [-0.3, -0.25) is 0 Å². The maximum atomic E-state index is 11.6. The van der Waals surface area contributed by atoms with E-state index in [0.29, 0.717) is 0 Å². The van der Waals surface area contributed by atoms with Crippen LogP contribution in [0.25, 0.3) is 0 Å². The van der Waals surface area contributed by atoms with E-state index in [-0.39, 0.29) is 0 Å². The molecule has 0 aliphatic heterocycles. The summed E-state index contributed by atoms with van der Waals surface area (Å²) in [6.07, 6.45) is 0.410. The molecule has 0 saturated carbocycles. The van der Waals surface area contributed by atoms with Crippen LogP contribution >= 0.6 is 0 Å². The minimum atomic E-state index is -5.69. The van der Waals surface area contributed by atoms with Gasteiger partial charge in [0.2, 0.25) is 0 Å². The molecule has 8 heteroatoms. The SMILES string of the molecule is C=CC/C([O-])=N\S(=O)(=O)C(F)(F)F. The summed E-state index contributed by atoms with van der Waals surface area (Å²) in [5, 5.41) is 10.4. The van der Waals surface area contributed by atoms with Crippen LogP contribution in [0.5, 0.6) is 0 Å². The van der Waals surface area contributed by atoms with E-state index in [1.165, 1.54) is 0 Å². The molecule has 0 aliphatic carbocycles. The molecule has 0 spiro atoms. The van der Waals surface area contributed by atoms with E-state index in [2.05, 4.69) is 6.58 Å². The third-order valence-corrected chi connectivity index (χ3v) is 1.86. The van der Waals surface area contributed by atoms with E-state index in [9.17, 15) is 26.7 Å². The number of rotatable bonds is 3. The second kappa shape index (κ2) is 3.77. The van der Waals surface area contributed by atoms with Gasteiger partial charge in [0.25, 0.3) is 0 Å². The van der Waals surface area contributed by atoms with Gasteiger partial charge in [0.05, 0.1) is 0 Å². The standard InChI is InChI=1S/C5H6F3NO3S/c1-2-3-4(10)9-13(11,12)5(6,7)8/h2H,1,3H2,(H,9,10)/p-1. The normalized spacial score (nSPS) is 14.2. The lowest BCUT2D eigenvalue weighted by Crippen LogP contribution is -2.26. The molecule has 0 aliphatic rings. The number of sulfonamides is 1. The first kappa shape index (κ1) is 11.9. The summed E-state index contributed by atoms with van der Waals surface area (Å²) in [5.41, 5.74) is -5.52. The molecule has 0 fully saturated rings. The average Bonchev–Trinajstić information content (AvgIpc) is 1.83. The van der Waals surface area contributed by atoms with Gasteiger partial charge in [0.15, 0.2) is 0 Å². The van der Waals surface area contributed by atoms with Crippen molar-refractivity contribution in [3.05, 3.63) is 12.7 Å². The van der Waals surface area contributed by atoms with Crippen molar-refractivity contribution in [3.63, 3.8) is 0 Å². The van der Waals surface area contributed by atoms with Crippen molar-refractivity contribution in [2.24, 2.45) is 4.40 Å². The highest BCUT2D eigenvalue weighted by Crippen LogP contribution is 2.24. The first-order valence-electron chi connectivity index (χ1n) is 2.88. The maximum absolute atomic E-state index is 11.6. The van der Waals surface area contributed by atoms with Crippen LogP contribution in [-0.2, 0) is 10.0 Å². The molecule has 0 saturated heterocycles. The van der Waals surface area contributed by atoms with Gasteiger partial charge < -0.3 is 5.11 Å². The van der Waals surface area contributed by atoms with Gasteiger partial charge in [-0.25, -0.2) is 0 Å². The molecule has 0 amide bonds. The van der Waals surface area contributed by atoms with Crippen LogP contribution in [0.3, 0.4) is 0 Å². The highest BCUT2D eigenvalue weighted by Gasteiger charge is 2.45. The van der Waals surface area contributed by atoms with Gasteiger partial charge in [0, 0.05) is 0 Å². The molecule has 0 aromatic rings. The van der Waals surface area contributed by atoms with Crippen LogP contribution in [0.15, 0.2) is 17.1 Å². The van der Waals surface area contributed by atoms with Crippen LogP contribution in [0, 0.1) is 0 Å². The largest absolute Gasteiger partial charge is 0.861 e. The molecule has 0 aromatic heterocycles. The Hall–Kier alpha value is -1.05. The van der Waals surface area contributed by atoms with E-state index in [1.54, 1.807) is 0 Å². The van der Waals surface area contributed by atoms with Crippen molar-refractivity contribution in [2.45, 2.75) is 11.9 Å². The molecular weight excluding hydrogens is 211 g/mol. The highest BCUT2D eigenvalue weighted by molar-refractivity contribution is 7.91. The lowest BCUT2D eigenvalue weighted by Gasteiger charge is -2.08. The summed E-state index contributed by atoms with van der Waals surface area (Å²) in [6, 6.07) is 0. The molecule has 0 aromatic carbocycles. The monoisotopic (exact) mass is 216 g/mol. The number of hydrogen-bond acceptors (Lipinski definition) is 3. The summed E-state index contributed by atoms with van der Waals surface area (Å²) < 4.78 is 57.1.